The summed E-state index contributed by atoms with van der Waals surface area (Å²) in [5, 5.41) is 6.56. The van der Waals surface area contributed by atoms with E-state index in [4.69, 9.17) is 9.47 Å². The Morgan fingerprint density at radius 3 is 2.43 bits per heavy atom. The SMILES string of the molecule is CCCNCc1cc(OC)c(OC)cc1Cc1nccs1. The second-order valence-corrected chi connectivity index (χ2v) is 5.73. The molecule has 1 aromatic heterocycles. The Morgan fingerprint density at radius 1 is 1.14 bits per heavy atom. The molecule has 0 bridgehead atoms. The molecule has 0 atom stereocenters. The van der Waals surface area contributed by atoms with Crippen molar-refractivity contribution in [2.45, 2.75) is 26.3 Å². The minimum atomic E-state index is 0.767. The molecule has 0 radical (unpaired) electrons. The summed E-state index contributed by atoms with van der Waals surface area (Å²) in [5.41, 5.74) is 2.46. The van der Waals surface area contributed by atoms with E-state index >= 15 is 0 Å². The number of aromatic nitrogens is 1. The lowest BCUT2D eigenvalue weighted by molar-refractivity contribution is 0.354. The zero-order valence-electron chi connectivity index (χ0n) is 12.8. The normalized spacial score (nSPS) is 10.6. The minimum Gasteiger partial charge on any atom is -0.493 e. The third-order valence-electron chi connectivity index (χ3n) is 3.27. The fourth-order valence-corrected chi connectivity index (χ4v) is 2.83. The van der Waals surface area contributed by atoms with Gasteiger partial charge in [0.05, 0.1) is 19.2 Å². The minimum absolute atomic E-state index is 0.767. The molecule has 0 aliphatic carbocycles. The van der Waals surface area contributed by atoms with E-state index in [0.29, 0.717) is 0 Å². The van der Waals surface area contributed by atoms with Gasteiger partial charge in [0.1, 0.15) is 0 Å². The van der Waals surface area contributed by atoms with Crippen LogP contribution in [0.4, 0.5) is 0 Å². The van der Waals surface area contributed by atoms with Gasteiger partial charge < -0.3 is 14.8 Å². The van der Waals surface area contributed by atoms with Crippen molar-refractivity contribution in [1.82, 2.24) is 10.3 Å². The number of nitrogens with one attached hydrogen (secondary N) is 1. The van der Waals surface area contributed by atoms with Crippen LogP contribution in [0, 0.1) is 0 Å². The fraction of sp³-hybridized carbons (Fsp3) is 0.438. The number of nitrogens with zero attached hydrogens (tertiary/aromatic N) is 1. The summed E-state index contributed by atoms with van der Waals surface area (Å²) in [6, 6.07) is 4.12. The predicted octanol–water partition coefficient (Wildman–Crippen LogP) is 3.25. The molecule has 0 saturated carbocycles. The zero-order valence-corrected chi connectivity index (χ0v) is 13.6. The van der Waals surface area contributed by atoms with Gasteiger partial charge >= 0.3 is 0 Å². The van der Waals surface area contributed by atoms with Crippen LogP contribution in [0.25, 0.3) is 0 Å². The van der Waals surface area contributed by atoms with Crippen LogP contribution in [0.1, 0.15) is 29.5 Å². The zero-order chi connectivity index (χ0) is 15.1. The van der Waals surface area contributed by atoms with Gasteiger partial charge in [-0.1, -0.05) is 6.92 Å². The summed E-state index contributed by atoms with van der Waals surface area (Å²) in [7, 11) is 3.33. The Bertz CT molecular complexity index is 556. The summed E-state index contributed by atoms with van der Waals surface area (Å²) in [5.74, 6) is 1.54. The molecule has 0 fully saturated rings. The van der Waals surface area contributed by atoms with E-state index in [0.717, 1.165) is 42.4 Å². The van der Waals surface area contributed by atoms with Crippen molar-refractivity contribution in [3.05, 3.63) is 39.8 Å². The van der Waals surface area contributed by atoms with Gasteiger partial charge in [0.2, 0.25) is 0 Å². The first-order valence-electron chi connectivity index (χ1n) is 7.11. The van der Waals surface area contributed by atoms with Gasteiger partial charge in [-0.05, 0) is 36.2 Å². The summed E-state index contributed by atoms with van der Waals surface area (Å²) < 4.78 is 10.8. The van der Waals surface area contributed by atoms with Crippen LogP contribution in [-0.4, -0.2) is 25.7 Å². The largest absolute Gasteiger partial charge is 0.493 e. The topological polar surface area (TPSA) is 43.4 Å². The summed E-state index contributed by atoms with van der Waals surface area (Å²) in [6.07, 6.45) is 3.78. The van der Waals surface area contributed by atoms with E-state index in [-0.39, 0.29) is 0 Å². The third kappa shape index (κ3) is 4.19. The van der Waals surface area contributed by atoms with E-state index in [1.165, 1.54) is 11.1 Å². The Labute approximate surface area is 130 Å². The Balaban J connectivity index is 2.28. The molecule has 0 amide bonds. The van der Waals surface area contributed by atoms with E-state index in [1.54, 1.807) is 25.6 Å². The van der Waals surface area contributed by atoms with E-state index in [1.807, 2.05) is 11.6 Å². The molecule has 2 rings (SSSR count). The molecule has 1 heterocycles. The highest BCUT2D eigenvalue weighted by atomic mass is 32.1. The van der Waals surface area contributed by atoms with Crippen molar-refractivity contribution in [1.29, 1.82) is 0 Å². The van der Waals surface area contributed by atoms with E-state index in [2.05, 4.69) is 29.4 Å². The third-order valence-corrected chi connectivity index (χ3v) is 4.05. The first-order valence-corrected chi connectivity index (χ1v) is 7.99. The molecule has 4 nitrogen and oxygen atoms in total. The van der Waals surface area contributed by atoms with Crippen molar-refractivity contribution in [2.75, 3.05) is 20.8 Å². The molecule has 0 spiro atoms. The lowest BCUT2D eigenvalue weighted by Gasteiger charge is -2.15. The van der Waals surface area contributed by atoms with Crippen LogP contribution in [0.5, 0.6) is 11.5 Å². The maximum absolute atomic E-state index is 5.41. The van der Waals surface area contributed by atoms with Crippen molar-refractivity contribution in [3.63, 3.8) is 0 Å². The number of hydrogen-bond donors (Lipinski definition) is 1. The second-order valence-electron chi connectivity index (χ2n) is 4.76. The van der Waals surface area contributed by atoms with Crippen molar-refractivity contribution < 1.29 is 9.47 Å². The Kier molecular flexibility index (Phi) is 6.02. The second kappa shape index (κ2) is 8.00. The molecule has 2 aromatic rings. The smallest absolute Gasteiger partial charge is 0.161 e. The number of hydrogen-bond acceptors (Lipinski definition) is 5. The predicted molar refractivity (Wildman–Crippen MR) is 86.5 cm³/mol. The van der Waals surface area contributed by atoms with Gasteiger partial charge in [-0.2, -0.15) is 0 Å². The van der Waals surface area contributed by atoms with Crippen molar-refractivity contribution >= 4 is 11.3 Å². The van der Waals surface area contributed by atoms with E-state index < -0.39 is 0 Å². The highest BCUT2D eigenvalue weighted by molar-refractivity contribution is 7.09. The lowest BCUT2D eigenvalue weighted by atomic mass is 10.0. The van der Waals surface area contributed by atoms with Crippen LogP contribution < -0.4 is 14.8 Å². The van der Waals surface area contributed by atoms with Crippen LogP contribution in [-0.2, 0) is 13.0 Å². The summed E-state index contributed by atoms with van der Waals surface area (Å²) >= 11 is 1.67. The molecule has 1 aromatic carbocycles. The monoisotopic (exact) mass is 306 g/mol. The number of benzene rings is 1. The van der Waals surface area contributed by atoms with Gasteiger partial charge in [-0.25, -0.2) is 4.98 Å². The first kappa shape index (κ1) is 15.8. The molecule has 5 heteroatoms. The lowest BCUT2D eigenvalue weighted by Crippen LogP contribution is -2.15. The van der Waals surface area contributed by atoms with Crippen molar-refractivity contribution in [3.8, 4) is 11.5 Å². The molecular weight excluding hydrogens is 284 g/mol. The van der Waals surface area contributed by atoms with Gasteiger partial charge in [0.15, 0.2) is 11.5 Å². The molecule has 0 unspecified atom stereocenters. The van der Waals surface area contributed by atoms with Crippen LogP contribution in [0.15, 0.2) is 23.7 Å². The average molecular weight is 306 g/mol. The molecule has 114 valence electrons. The Hall–Kier alpha value is -1.59. The summed E-state index contributed by atoms with van der Waals surface area (Å²) in [4.78, 5) is 4.37. The highest BCUT2D eigenvalue weighted by Crippen LogP contribution is 2.32. The van der Waals surface area contributed by atoms with Gasteiger partial charge in [0, 0.05) is 24.5 Å². The molecule has 21 heavy (non-hydrogen) atoms. The van der Waals surface area contributed by atoms with Gasteiger partial charge in [0.25, 0.3) is 0 Å². The van der Waals surface area contributed by atoms with Gasteiger partial charge in [-0.3, -0.25) is 0 Å². The van der Waals surface area contributed by atoms with E-state index in [9.17, 15) is 0 Å². The first-order chi connectivity index (χ1) is 10.3. The maximum Gasteiger partial charge on any atom is 0.161 e. The van der Waals surface area contributed by atoms with Gasteiger partial charge in [-0.15, -0.1) is 11.3 Å². The fourth-order valence-electron chi connectivity index (χ4n) is 2.20. The molecule has 0 saturated heterocycles. The summed E-state index contributed by atoms with van der Waals surface area (Å²) in [6.45, 7) is 4.00. The average Bonchev–Trinajstić information content (AvgIpc) is 3.01. The number of methoxy groups -OCH3 is 2. The van der Waals surface area contributed by atoms with Crippen LogP contribution in [0.2, 0.25) is 0 Å². The van der Waals surface area contributed by atoms with Crippen molar-refractivity contribution in [2.24, 2.45) is 0 Å². The molecular formula is C16H22N2O2S. The Morgan fingerprint density at radius 2 is 1.86 bits per heavy atom. The number of ether oxygens (including phenoxy) is 2. The van der Waals surface area contributed by atoms with Crippen LogP contribution in [0.3, 0.4) is 0 Å². The maximum atomic E-state index is 5.41. The number of rotatable bonds is 8. The molecule has 0 aliphatic rings. The number of thiazole rings is 1. The highest BCUT2D eigenvalue weighted by Gasteiger charge is 2.12. The standard InChI is InChI=1S/C16H22N2O2S/c1-4-5-17-11-13-9-15(20-3)14(19-2)8-12(13)10-16-18-6-7-21-16/h6-9,17H,4-5,10-11H2,1-3H3. The molecule has 0 aliphatic heterocycles. The van der Waals surface area contributed by atoms with Crippen LogP contribution >= 0.6 is 11.3 Å². The quantitative estimate of drug-likeness (QED) is 0.760. The molecule has 1 N–H and O–H groups in total.